The van der Waals surface area contributed by atoms with Crippen LogP contribution in [0.1, 0.15) is 21.7 Å². The molecule has 27 heavy (non-hydrogen) atoms. The van der Waals surface area contributed by atoms with Crippen LogP contribution in [0.3, 0.4) is 0 Å². The third-order valence-electron chi connectivity index (χ3n) is 4.25. The molecule has 0 radical (unpaired) electrons. The van der Waals surface area contributed by atoms with E-state index >= 15 is 0 Å². The van der Waals surface area contributed by atoms with E-state index in [2.05, 4.69) is 10.6 Å². The Balaban J connectivity index is 1.31. The van der Waals surface area contributed by atoms with E-state index in [1.165, 1.54) is 6.26 Å². The Bertz CT molecular complexity index is 904. The second kappa shape index (κ2) is 7.97. The molecule has 1 aromatic heterocycles. The van der Waals surface area contributed by atoms with E-state index in [9.17, 15) is 4.79 Å². The van der Waals surface area contributed by atoms with Gasteiger partial charge in [0.15, 0.2) is 17.3 Å². The van der Waals surface area contributed by atoms with Crippen LogP contribution in [0.25, 0.3) is 0 Å². The van der Waals surface area contributed by atoms with Crippen LogP contribution in [0.2, 0.25) is 0 Å². The number of fused-ring (bicyclic) bond motifs is 1. The largest absolute Gasteiger partial charge is 0.486 e. The van der Waals surface area contributed by atoms with Crippen LogP contribution in [0, 0.1) is 0 Å². The average molecular weight is 364 g/mol. The summed E-state index contributed by atoms with van der Waals surface area (Å²) < 4.78 is 16.4. The van der Waals surface area contributed by atoms with E-state index in [4.69, 9.17) is 13.9 Å². The van der Waals surface area contributed by atoms with Gasteiger partial charge in [0, 0.05) is 24.3 Å². The molecule has 2 aromatic carbocycles. The van der Waals surface area contributed by atoms with Crippen molar-refractivity contribution in [3.63, 3.8) is 0 Å². The molecule has 138 valence electrons. The third-order valence-corrected chi connectivity index (χ3v) is 4.25. The lowest BCUT2D eigenvalue weighted by Gasteiger charge is -2.21. The number of hydrogen-bond donors (Lipinski definition) is 2. The Morgan fingerprint density at radius 2 is 1.78 bits per heavy atom. The van der Waals surface area contributed by atoms with Crippen molar-refractivity contribution in [2.45, 2.75) is 13.1 Å². The van der Waals surface area contributed by atoms with E-state index in [-0.39, 0.29) is 11.7 Å². The van der Waals surface area contributed by atoms with Gasteiger partial charge >= 0.3 is 0 Å². The zero-order valence-electron chi connectivity index (χ0n) is 14.7. The van der Waals surface area contributed by atoms with Crippen LogP contribution in [-0.4, -0.2) is 19.1 Å². The number of benzene rings is 2. The molecule has 0 saturated heterocycles. The molecule has 0 unspecified atom stereocenters. The van der Waals surface area contributed by atoms with Gasteiger partial charge in [0.2, 0.25) is 0 Å². The summed E-state index contributed by atoms with van der Waals surface area (Å²) >= 11 is 0. The molecule has 1 aliphatic heterocycles. The Hall–Kier alpha value is -3.25. The molecule has 4 rings (SSSR count). The van der Waals surface area contributed by atoms with Crippen molar-refractivity contribution < 1.29 is 18.7 Å². The highest BCUT2D eigenvalue weighted by Crippen LogP contribution is 2.33. The number of anilines is 1. The molecule has 6 heteroatoms. The standard InChI is InChI=1S/C21H20N2O4/c24-21(19-5-2-10-25-19)23-17-8-6-15(7-9-17)13-22-14-16-3-1-4-18-20(16)27-12-11-26-18/h1-10,22H,11-14H2,(H,23,24). The number of carbonyl (C=O) groups excluding carboxylic acids is 1. The fraction of sp³-hybridized carbons (Fsp3) is 0.190. The van der Waals surface area contributed by atoms with Gasteiger partial charge in [-0.25, -0.2) is 0 Å². The first-order valence-electron chi connectivity index (χ1n) is 8.81. The summed E-state index contributed by atoms with van der Waals surface area (Å²) in [5, 5.41) is 6.22. The maximum absolute atomic E-state index is 12.0. The predicted octanol–water partition coefficient (Wildman–Crippen LogP) is 3.59. The lowest BCUT2D eigenvalue weighted by molar-refractivity contribution is 0.0996. The molecule has 3 aromatic rings. The minimum Gasteiger partial charge on any atom is -0.486 e. The summed E-state index contributed by atoms with van der Waals surface area (Å²) in [7, 11) is 0. The molecule has 0 bridgehead atoms. The van der Waals surface area contributed by atoms with Gasteiger partial charge in [0.05, 0.1) is 6.26 Å². The molecule has 0 saturated carbocycles. The quantitative estimate of drug-likeness (QED) is 0.699. The minimum absolute atomic E-state index is 0.262. The zero-order chi connectivity index (χ0) is 18.5. The number of para-hydroxylation sites is 1. The van der Waals surface area contributed by atoms with Crippen LogP contribution < -0.4 is 20.1 Å². The van der Waals surface area contributed by atoms with Crippen LogP contribution in [-0.2, 0) is 13.1 Å². The molecule has 0 spiro atoms. The van der Waals surface area contributed by atoms with Crippen molar-refractivity contribution in [3.05, 3.63) is 77.7 Å². The van der Waals surface area contributed by atoms with Crippen LogP contribution in [0.4, 0.5) is 5.69 Å². The van der Waals surface area contributed by atoms with E-state index in [1.807, 2.05) is 42.5 Å². The molecule has 1 amide bonds. The first-order valence-corrected chi connectivity index (χ1v) is 8.81. The van der Waals surface area contributed by atoms with E-state index in [0.717, 1.165) is 28.3 Å². The summed E-state index contributed by atoms with van der Waals surface area (Å²) in [5.74, 6) is 1.66. The molecule has 0 atom stereocenters. The van der Waals surface area contributed by atoms with Crippen LogP contribution in [0.5, 0.6) is 11.5 Å². The fourth-order valence-corrected chi connectivity index (χ4v) is 2.92. The Labute approximate surface area is 157 Å². The average Bonchev–Trinajstić information content (AvgIpc) is 3.25. The molecular weight excluding hydrogens is 344 g/mol. The van der Waals surface area contributed by atoms with Gasteiger partial charge in [0.1, 0.15) is 13.2 Å². The monoisotopic (exact) mass is 364 g/mol. The number of ether oxygens (including phenoxy) is 2. The van der Waals surface area contributed by atoms with Crippen molar-refractivity contribution in [1.29, 1.82) is 0 Å². The smallest absolute Gasteiger partial charge is 0.291 e. The van der Waals surface area contributed by atoms with Gasteiger partial charge in [-0.3, -0.25) is 4.79 Å². The van der Waals surface area contributed by atoms with E-state index < -0.39 is 0 Å². The second-order valence-corrected chi connectivity index (χ2v) is 6.17. The third kappa shape index (κ3) is 4.12. The summed E-state index contributed by atoms with van der Waals surface area (Å²) in [6, 6.07) is 17.0. The molecule has 2 heterocycles. The topological polar surface area (TPSA) is 72.7 Å². The molecule has 2 N–H and O–H groups in total. The van der Waals surface area contributed by atoms with Crippen LogP contribution in [0.15, 0.2) is 65.3 Å². The summed E-state index contributed by atoms with van der Waals surface area (Å²) in [5.41, 5.74) is 2.92. The molecule has 0 aliphatic carbocycles. The van der Waals surface area contributed by atoms with Crippen molar-refractivity contribution >= 4 is 11.6 Å². The lowest BCUT2D eigenvalue weighted by Crippen LogP contribution is -2.19. The maximum Gasteiger partial charge on any atom is 0.291 e. The molecule has 6 nitrogen and oxygen atoms in total. The molecule has 0 fully saturated rings. The number of nitrogens with one attached hydrogen (secondary N) is 2. The van der Waals surface area contributed by atoms with Gasteiger partial charge in [-0.1, -0.05) is 24.3 Å². The Kier molecular flexibility index (Phi) is 5.07. The maximum atomic E-state index is 12.0. The normalized spacial score (nSPS) is 12.6. The highest BCUT2D eigenvalue weighted by atomic mass is 16.6. The number of amides is 1. The van der Waals surface area contributed by atoms with Crippen molar-refractivity contribution in [1.82, 2.24) is 5.32 Å². The Morgan fingerprint density at radius 3 is 2.59 bits per heavy atom. The number of furan rings is 1. The van der Waals surface area contributed by atoms with E-state index in [1.54, 1.807) is 12.1 Å². The first kappa shape index (κ1) is 17.2. The lowest BCUT2D eigenvalue weighted by atomic mass is 10.1. The van der Waals surface area contributed by atoms with Gasteiger partial charge in [-0.15, -0.1) is 0 Å². The number of carbonyl (C=O) groups is 1. The minimum atomic E-state index is -0.262. The molecular formula is C21H20N2O4. The van der Waals surface area contributed by atoms with Crippen molar-refractivity contribution in [2.75, 3.05) is 18.5 Å². The SMILES string of the molecule is O=C(Nc1ccc(CNCc2cccc3c2OCCO3)cc1)c1ccco1. The first-order chi connectivity index (χ1) is 13.3. The number of rotatable bonds is 6. The number of hydrogen-bond acceptors (Lipinski definition) is 5. The van der Waals surface area contributed by atoms with Gasteiger partial charge in [0.25, 0.3) is 5.91 Å². The molecule has 1 aliphatic rings. The predicted molar refractivity (Wildman–Crippen MR) is 101 cm³/mol. The fourth-order valence-electron chi connectivity index (χ4n) is 2.92. The van der Waals surface area contributed by atoms with Gasteiger partial charge in [-0.2, -0.15) is 0 Å². The summed E-state index contributed by atoms with van der Waals surface area (Å²) in [6.45, 7) is 2.56. The van der Waals surface area contributed by atoms with E-state index in [0.29, 0.717) is 26.3 Å². The highest BCUT2D eigenvalue weighted by molar-refractivity contribution is 6.02. The van der Waals surface area contributed by atoms with Crippen LogP contribution >= 0.6 is 0 Å². The summed E-state index contributed by atoms with van der Waals surface area (Å²) in [4.78, 5) is 12.0. The highest BCUT2D eigenvalue weighted by Gasteiger charge is 2.15. The summed E-state index contributed by atoms with van der Waals surface area (Å²) in [6.07, 6.45) is 1.48. The van der Waals surface area contributed by atoms with Gasteiger partial charge in [-0.05, 0) is 35.9 Å². The zero-order valence-corrected chi connectivity index (χ0v) is 14.7. The van der Waals surface area contributed by atoms with Crippen molar-refractivity contribution in [2.24, 2.45) is 0 Å². The van der Waals surface area contributed by atoms with Gasteiger partial charge < -0.3 is 24.5 Å². The second-order valence-electron chi connectivity index (χ2n) is 6.17. The van der Waals surface area contributed by atoms with Crippen molar-refractivity contribution in [3.8, 4) is 11.5 Å². The Morgan fingerprint density at radius 1 is 0.926 bits per heavy atom.